The van der Waals surface area contributed by atoms with E-state index in [0.717, 1.165) is 17.7 Å². The fourth-order valence-electron chi connectivity index (χ4n) is 2.93. The van der Waals surface area contributed by atoms with Gasteiger partial charge in [0.25, 0.3) is 0 Å². The van der Waals surface area contributed by atoms with Gasteiger partial charge < -0.3 is 14.6 Å². The van der Waals surface area contributed by atoms with Crippen molar-refractivity contribution in [1.29, 1.82) is 0 Å². The molecule has 4 rings (SSSR count). The maximum Gasteiger partial charge on any atom is 0.335 e. The molecule has 106 valence electrons. The van der Waals surface area contributed by atoms with Crippen molar-refractivity contribution in [3.63, 3.8) is 0 Å². The van der Waals surface area contributed by atoms with Crippen molar-refractivity contribution >= 4 is 5.97 Å². The number of fused-ring (bicyclic) bond motifs is 5. The molecule has 2 aliphatic rings. The summed E-state index contributed by atoms with van der Waals surface area (Å²) < 4.78 is 11.1. The minimum absolute atomic E-state index is 0.232. The van der Waals surface area contributed by atoms with Crippen LogP contribution in [0, 0.1) is 0 Å². The molecule has 5 nitrogen and oxygen atoms in total. The van der Waals surface area contributed by atoms with E-state index in [0.29, 0.717) is 29.2 Å². The topological polar surface area (TPSA) is 68.7 Å². The number of aromatic nitrogens is 1. The second-order valence-electron chi connectivity index (χ2n) is 5.35. The second kappa shape index (κ2) is 4.22. The third-order valence-corrected chi connectivity index (χ3v) is 4.09. The zero-order chi connectivity index (χ0) is 14.6. The van der Waals surface area contributed by atoms with Crippen LogP contribution in [-0.2, 0) is 0 Å². The molecule has 1 aromatic carbocycles. The number of aromatic carboxylic acids is 1. The van der Waals surface area contributed by atoms with Crippen LogP contribution in [0.1, 0.15) is 39.9 Å². The summed E-state index contributed by atoms with van der Waals surface area (Å²) in [5.74, 6) is 1.60. The molecule has 0 amide bonds. The highest BCUT2D eigenvalue weighted by molar-refractivity contribution is 5.88. The van der Waals surface area contributed by atoms with Gasteiger partial charge in [-0.2, -0.15) is 0 Å². The first-order valence-corrected chi connectivity index (χ1v) is 6.77. The number of pyridine rings is 1. The van der Waals surface area contributed by atoms with E-state index in [9.17, 15) is 4.79 Å². The molecule has 5 heteroatoms. The largest absolute Gasteiger partial charge is 0.481 e. The first kappa shape index (κ1) is 12.2. The van der Waals surface area contributed by atoms with Crippen LogP contribution in [0.25, 0.3) is 0 Å². The number of hydrogen-bond acceptors (Lipinski definition) is 4. The number of ether oxygens (including phenoxy) is 2. The van der Waals surface area contributed by atoms with E-state index in [1.54, 1.807) is 25.3 Å². The maximum atomic E-state index is 11.1. The summed E-state index contributed by atoms with van der Waals surface area (Å²) in [6, 6.07) is 8.66. The Morgan fingerprint density at radius 1 is 1.29 bits per heavy atom. The van der Waals surface area contributed by atoms with E-state index >= 15 is 0 Å². The van der Waals surface area contributed by atoms with Crippen molar-refractivity contribution in [3.05, 3.63) is 47.2 Å². The van der Waals surface area contributed by atoms with Crippen LogP contribution in [-0.4, -0.2) is 23.2 Å². The number of rotatable bonds is 2. The van der Waals surface area contributed by atoms with E-state index in [1.165, 1.54) is 0 Å². The number of carboxylic acids is 1. The Kier molecular flexibility index (Phi) is 2.45. The molecule has 0 radical (unpaired) electrons. The fourth-order valence-corrected chi connectivity index (χ4v) is 2.93. The Morgan fingerprint density at radius 3 is 2.90 bits per heavy atom. The highest BCUT2D eigenvalue weighted by Gasteiger charge is 2.46. The van der Waals surface area contributed by atoms with Gasteiger partial charge in [-0.3, -0.25) is 0 Å². The van der Waals surface area contributed by atoms with Crippen LogP contribution < -0.4 is 9.47 Å². The van der Waals surface area contributed by atoms with Gasteiger partial charge in [0.1, 0.15) is 11.5 Å². The Hall–Kier alpha value is -2.56. The van der Waals surface area contributed by atoms with Gasteiger partial charge in [0.15, 0.2) is 0 Å². The van der Waals surface area contributed by atoms with Gasteiger partial charge in [0.2, 0.25) is 5.88 Å². The molecule has 2 atom stereocenters. The lowest BCUT2D eigenvalue weighted by Gasteiger charge is -2.11. The summed E-state index contributed by atoms with van der Waals surface area (Å²) in [7, 11) is 1.59. The number of carbonyl (C=O) groups is 1. The van der Waals surface area contributed by atoms with Gasteiger partial charge >= 0.3 is 5.97 Å². The highest BCUT2D eigenvalue weighted by atomic mass is 16.5. The standard InChI is InChI=1S/C16H13NO4/c1-20-14-5-4-12-15(17-14)11-7-10(11)9-3-2-8(16(18)19)6-13(9)21-12/h2-6,10-11H,7H2,1H3,(H,18,19). The first-order chi connectivity index (χ1) is 10.2. The third-order valence-electron chi connectivity index (χ3n) is 4.09. The van der Waals surface area contributed by atoms with Gasteiger partial charge in [-0.15, -0.1) is 0 Å². The molecular weight excluding hydrogens is 270 g/mol. The highest BCUT2D eigenvalue weighted by Crippen LogP contribution is 2.60. The molecule has 0 spiro atoms. The summed E-state index contributed by atoms with van der Waals surface area (Å²) in [5.41, 5.74) is 2.19. The molecule has 1 N–H and O–H groups in total. The van der Waals surface area contributed by atoms with E-state index in [-0.39, 0.29) is 5.56 Å². The van der Waals surface area contributed by atoms with Crippen molar-refractivity contribution in [2.24, 2.45) is 0 Å². The zero-order valence-electron chi connectivity index (χ0n) is 11.4. The average molecular weight is 283 g/mol. The van der Waals surface area contributed by atoms with Gasteiger partial charge in [0, 0.05) is 12.0 Å². The van der Waals surface area contributed by atoms with Crippen LogP contribution in [0.2, 0.25) is 0 Å². The van der Waals surface area contributed by atoms with Crippen molar-refractivity contribution in [1.82, 2.24) is 4.98 Å². The van der Waals surface area contributed by atoms with Crippen LogP contribution >= 0.6 is 0 Å². The fraction of sp³-hybridized carbons (Fsp3) is 0.250. The molecule has 1 aromatic heterocycles. The van der Waals surface area contributed by atoms with Gasteiger partial charge in [-0.1, -0.05) is 6.07 Å². The molecule has 2 unspecified atom stereocenters. The van der Waals surface area contributed by atoms with E-state index in [1.807, 2.05) is 12.1 Å². The molecule has 2 aromatic rings. The molecule has 1 aliphatic heterocycles. The Morgan fingerprint density at radius 2 is 2.14 bits per heavy atom. The van der Waals surface area contributed by atoms with Crippen LogP contribution in [0.15, 0.2) is 30.3 Å². The Bertz CT molecular complexity index is 756. The molecule has 21 heavy (non-hydrogen) atoms. The second-order valence-corrected chi connectivity index (χ2v) is 5.35. The van der Waals surface area contributed by atoms with Crippen molar-refractivity contribution in [2.45, 2.75) is 18.3 Å². The lowest BCUT2D eigenvalue weighted by molar-refractivity contribution is 0.0696. The monoisotopic (exact) mass is 283 g/mol. The minimum Gasteiger partial charge on any atom is -0.481 e. The summed E-state index contributed by atoms with van der Waals surface area (Å²) in [6.45, 7) is 0. The number of carboxylic acid groups (broad SMARTS) is 1. The minimum atomic E-state index is -0.953. The molecule has 1 saturated carbocycles. The first-order valence-electron chi connectivity index (χ1n) is 6.77. The summed E-state index contributed by atoms with van der Waals surface area (Å²) >= 11 is 0. The van der Waals surface area contributed by atoms with Crippen molar-refractivity contribution in [3.8, 4) is 17.4 Å². The molecule has 0 saturated heterocycles. The quantitative estimate of drug-likeness (QED) is 0.916. The van der Waals surface area contributed by atoms with Gasteiger partial charge in [-0.05, 0) is 36.1 Å². The van der Waals surface area contributed by atoms with Crippen molar-refractivity contribution < 1.29 is 19.4 Å². The summed E-state index contributed by atoms with van der Waals surface area (Å²) in [5, 5.41) is 9.11. The molecule has 2 heterocycles. The summed E-state index contributed by atoms with van der Waals surface area (Å²) in [4.78, 5) is 15.6. The average Bonchev–Trinajstić information content (AvgIpc) is 3.27. The van der Waals surface area contributed by atoms with E-state index < -0.39 is 5.97 Å². The van der Waals surface area contributed by atoms with Crippen LogP contribution in [0.5, 0.6) is 17.4 Å². The number of nitrogens with zero attached hydrogens (tertiary/aromatic N) is 1. The number of hydrogen-bond donors (Lipinski definition) is 1. The predicted molar refractivity (Wildman–Crippen MR) is 74.4 cm³/mol. The van der Waals surface area contributed by atoms with Crippen molar-refractivity contribution in [2.75, 3.05) is 7.11 Å². The lowest BCUT2D eigenvalue weighted by Crippen LogP contribution is -1.99. The Labute approximate surface area is 121 Å². The number of methoxy groups -OCH3 is 1. The van der Waals surface area contributed by atoms with Gasteiger partial charge in [0.05, 0.1) is 18.4 Å². The Balaban J connectivity index is 1.83. The molecular formula is C16H13NO4. The predicted octanol–water partition coefficient (Wildman–Crippen LogP) is 3.17. The van der Waals surface area contributed by atoms with Crippen LogP contribution in [0.4, 0.5) is 0 Å². The molecule has 1 aliphatic carbocycles. The lowest BCUT2D eigenvalue weighted by atomic mass is 10.0. The van der Waals surface area contributed by atoms with Gasteiger partial charge in [-0.25, -0.2) is 9.78 Å². The number of benzene rings is 1. The third kappa shape index (κ3) is 1.85. The summed E-state index contributed by atoms with van der Waals surface area (Å²) in [6.07, 6.45) is 1.01. The van der Waals surface area contributed by atoms with Crippen LogP contribution in [0.3, 0.4) is 0 Å². The normalized spacial score (nSPS) is 21.2. The smallest absolute Gasteiger partial charge is 0.335 e. The van der Waals surface area contributed by atoms with E-state index in [4.69, 9.17) is 14.6 Å². The molecule has 1 fully saturated rings. The zero-order valence-corrected chi connectivity index (χ0v) is 11.4. The molecule has 0 bridgehead atoms. The maximum absolute atomic E-state index is 11.1. The van der Waals surface area contributed by atoms with E-state index in [2.05, 4.69) is 4.98 Å². The SMILES string of the molecule is COc1ccc2c(n1)C1CC1c1ccc(C(=O)O)cc1O2.